The average Bonchev–Trinajstić information content (AvgIpc) is 2.69. The lowest BCUT2D eigenvalue weighted by Crippen LogP contribution is -2.40. The number of carbonyl (C=O) groups is 2. The van der Waals surface area contributed by atoms with Crippen LogP contribution in [-0.4, -0.2) is 48.1 Å². The summed E-state index contributed by atoms with van der Waals surface area (Å²) in [4.78, 5) is 26.2. The normalized spacial score (nSPS) is 13.7. The van der Waals surface area contributed by atoms with Crippen molar-refractivity contribution in [2.75, 3.05) is 31.6 Å². The molecule has 2 aromatic rings. The van der Waals surface area contributed by atoms with E-state index in [2.05, 4.69) is 10.6 Å². The first kappa shape index (κ1) is 18.9. The molecule has 1 aliphatic heterocycles. The minimum absolute atomic E-state index is 0.0444. The Bertz CT molecular complexity index is 834. The van der Waals surface area contributed by atoms with Crippen LogP contribution in [0, 0.1) is 5.82 Å². The van der Waals surface area contributed by atoms with Crippen molar-refractivity contribution in [2.24, 2.45) is 0 Å². The molecule has 1 heterocycles. The summed E-state index contributed by atoms with van der Waals surface area (Å²) in [5.74, 6) is -0.900. The van der Waals surface area contributed by atoms with Crippen molar-refractivity contribution in [3.05, 3.63) is 65.5 Å². The Hall–Kier alpha value is -2.84. The predicted molar refractivity (Wildman–Crippen MR) is 103 cm³/mol. The van der Waals surface area contributed by atoms with Crippen LogP contribution >= 0.6 is 12.2 Å². The van der Waals surface area contributed by atoms with Crippen molar-refractivity contribution >= 4 is 34.8 Å². The largest absolute Gasteiger partial charge is 0.378 e. The molecule has 6 nitrogen and oxygen atoms in total. The zero-order valence-electron chi connectivity index (χ0n) is 14.4. The number of thiocarbonyl (C=S) groups is 1. The van der Waals surface area contributed by atoms with E-state index in [0.717, 1.165) is 0 Å². The minimum Gasteiger partial charge on any atom is -0.378 e. The molecule has 0 bridgehead atoms. The monoisotopic (exact) mass is 387 g/mol. The third kappa shape index (κ3) is 5.08. The number of halogens is 1. The van der Waals surface area contributed by atoms with E-state index >= 15 is 0 Å². The molecule has 27 heavy (non-hydrogen) atoms. The second-order valence-corrected chi connectivity index (χ2v) is 6.31. The van der Waals surface area contributed by atoms with Crippen molar-refractivity contribution < 1.29 is 18.7 Å². The summed E-state index contributed by atoms with van der Waals surface area (Å²) >= 11 is 5.12. The van der Waals surface area contributed by atoms with Crippen LogP contribution in [0.1, 0.15) is 20.7 Å². The molecule has 2 N–H and O–H groups in total. The van der Waals surface area contributed by atoms with Crippen molar-refractivity contribution in [3.63, 3.8) is 0 Å². The van der Waals surface area contributed by atoms with Gasteiger partial charge in [-0.2, -0.15) is 0 Å². The maximum Gasteiger partial charge on any atom is 0.257 e. The fourth-order valence-corrected chi connectivity index (χ4v) is 2.79. The minimum atomic E-state index is -0.438. The van der Waals surface area contributed by atoms with Gasteiger partial charge in [0.05, 0.1) is 13.2 Å². The molecule has 0 spiro atoms. The van der Waals surface area contributed by atoms with Crippen molar-refractivity contribution in [2.45, 2.75) is 0 Å². The first-order valence-corrected chi connectivity index (χ1v) is 8.79. The van der Waals surface area contributed by atoms with Gasteiger partial charge in [-0.15, -0.1) is 0 Å². The highest BCUT2D eigenvalue weighted by Gasteiger charge is 2.18. The second kappa shape index (κ2) is 8.70. The third-order valence-electron chi connectivity index (χ3n) is 4.02. The van der Waals surface area contributed by atoms with Gasteiger partial charge in [0.15, 0.2) is 5.11 Å². The van der Waals surface area contributed by atoms with E-state index in [-0.39, 0.29) is 11.0 Å². The Balaban J connectivity index is 1.55. The van der Waals surface area contributed by atoms with E-state index in [4.69, 9.17) is 17.0 Å². The molecular weight excluding hydrogens is 369 g/mol. The number of hydrogen-bond donors (Lipinski definition) is 2. The van der Waals surface area contributed by atoms with E-state index in [0.29, 0.717) is 43.1 Å². The van der Waals surface area contributed by atoms with Crippen molar-refractivity contribution in [1.29, 1.82) is 0 Å². The summed E-state index contributed by atoms with van der Waals surface area (Å²) in [7, 11) is 0. The van der Waals surface area contributed by atoms with Crippen LogP contribution in [0.25, 0.3) is 0 Å². The molecule has 8 heteroatoms. The maximum absolute atomic E-state index is 12.9. The topological polar surface area (TPSA) is 70.7 Å². The molecule has 1 aliphatic rings. The van der Waals surface area contributed by atoms with E-state index < -0.39 is 11.7 Å². The van der Waals surface area contributed by atoms with Crippen LogP contribution in [0.4, 0.5) is 10.1 Å². The van der Waals surface area contributed by atoms with Crippen LogP contribution in [-0.2, 0) is 4.74 Å². The molecule has 0 radical (unpaired) electrons. The summed E-state index contributed by atoms with van der Waals surface area (Å²) in [6.45, 7) is 2.26. The van der Waals surface area contributed by atoms with Crippen LogP contribution in [0.2, 0.25) is 0 Å². The Kier molecular flexibility index (Phi) is 6.10. The number of nitrogens with zero attached hydrogens (tertiary/aromatic N) is 1. The number of carbonyl (C=O) groups excluding carboxylic acids is 2. The molecule has 0 aliphatic carbocycles. The van der Waals surface area contributed by atoms with Crippen LogP contribution in [0.5, 0.6) is 0 Å². The molecule has 1 fully saturated rings. The Morgan fingerprint density at radius 2 is 1.56 bits per heavy atom. The predicted octanol–water partition coefficient (Wildman–Crippen LogP) is 2.42. The fourth-order valence-electron chi connectivity index (χ4n) is 2.58. The number of rotatable bonds is 3. The summed E-state index contributed by atoms with van der Waals surface area (Å²) in [5, 5.41) is 5.51. The van der Waals surface area contributed by atoms with Gasteiger partial charge >= 0.3 is 0 Å². The van der Waals surface area contributed by atoms with Crippen molar-refractivity contribution in [1.82, 2.24) is 10.2 Å². The van der Waals surface area contributed by atoms with Crippen LogP contribution in [0.3, 0.4) is 0 Å². The van der Waals surface area contributed by atoms with E-state index in [1.165, 1.54) is 24.3 Å². The standard InChI is InChI=1S/C19H18FN3O3S/c20-15-5-1-13(2-6-15)17(24)22-19(27)21-16-7-3-14(4-8-16)18(25)23-9-11-26-12-10-23/h1-8H,9-12H2,(H2,21,22,24,27). The molecule has 140 valence electrons. The van der Waals surface area contributed by atoms with Crippen molar-refractivity contribution in [3.8, 4) is 0 Å². The summed E-state index contributed by atoms with van der Waals surface area (Å²) in [5.41, 5.74) is 1.51. The van der Waals surface area contributed by atoms with Gasteiger partial charge in [-0.3, -0.25) is 14.9 Å². The van der Waals surface area contributed by atoms with Gasteiger partial charge in [-0.05, 0) is 60.7 Å². The molecule has 2 aromatic carbocycles. The van der Waals surface area contributed by atoms with Gasteiger partial charge in [0.1, 0.15) is 5.82 Å². The molecular formula is C19H18FN3O3S. The molecule has 1 saturated heterocycles. The highest BCUT2D eigenvalue weighted by Crippen LogP contribution is 2.13. The highest BCUT2D eigenvalue weighted by molar-refractivity contribution is 7.80. The average molecular weight is 387 g/mol. The molecule has 2 amide bonds. The second-order valence-electron chi connectivity index (χ2n) is 5.90. The van der Waals surface area contributed by atoms with E-state index in [9.17, 15) is 14.0 Å². The molecule has 0 aromatic heterocycles. The SMILES string of the molecule is O=C(NC(=S)Nc1ccc(C(=O)N2CCOCC2)cc1)c1ccc(F)cc1. The van der Waals surface area contributed by atoms with Gasteiger partial charge in [0, 0.05) is 29.9 Å². The Morgan fingerprint density at radius 3 is 2.19 bits per heavy atom. The quantitative estimate of drug-likeness (QED) is 0.792. The first-order chi connectivity index (χ1) is 13.0. The fraction of sp³-hybridized carbons (Fsp3) is 0.211. The number of morpholine rings is 1. The summed E-state index contributed by atoms with van der Waals surface area (Å²) in [6.07, 6.45) is 0. The summed E-state index contributed by atoms with van der Waals surface area (Å²) < 4.78 is 18.2. The zero-order valence-corrected chi connectivity index (χ0v) is 15.2. The number of amides is 2. The Morgan fingerprint density at radius 1 is 0.963 bits per heavy atom. The van der Waals surface area contributed by atoms with Crippen LogP contribution < -0.4 is 10.6 Å². The van der Waals surface area contributed by atoms with Gasteiger partial charge in [-0.1, -0.05) is 0 Å². The lowest BCUT2D eigenvalue weighted by Gasteiger charge is -2.26. The lowest BCUT2D eigenvalue weighted by atomic mass is 10.1. The Labute approximate surface area is 161 Å². The maximum atomic E-state index is 12.9. The summed E-state index contributed by atoms with van der Waals surface area (Å²) in [6, 6.07) is 12.0. The highest BCUT2D eigenvalue weighted by atomic mass is 32.1. The zero-order chi connectivity index (χ0) is 19.2. The number of benzene rings is 2. The van der Waals surface area contributed by atoms with Crippen LogP contribution in [0.15, 0.2) is 48.5 Å². The lowest BCUT2D eigenvalue weighted by molar-refractivity contribution is 0.0303. The number of hydrogen-bond acceptors (Lipinski definition) is 4. The molecule has 0 saturated carbocycles. The van der Waals surface area contributed by atoms with Gasteiger partial charge in [-0.25, -0.2) is 4.39 Å². The van der Waals surface area contributed by atoms with E-state index in [1.807, 2.05) is 0 Å². The smallest absolute Gasteiger partial charge is 0.257 e. The third-order valence-corrected chi connectivity index (χ3v) is 4.23. The molecule has 0 atom stereocenters. The molecule has 3 rings (SSSR count). The molecule has 0 unspecified atom stereocenters. The number of nitrogens with one attached hydrogen (secondary N) is 2. The van der Waals surface area contributed by atoms with Gasteiger partial charge in [0.2, 0.25) is 0 Å². The van der Waals surface area contributed by atoms with Gasteiger partial charge < -0.3 is 15.0 Å². The number of anilines is 1. The number of ether oxygens (including phenoxy) is 1. The van der Waals surface area contributed by atoms with Gasteiger partial charge in [0.25, 0.3) is 11.8 Å². The first-order valence-electron chi connectivity index (χ1n) is 8.38. The van der Waals surface area contributed by atoms with E-state index in [1.54, 1.807) is 29.2 Å².